The minimum atomic E-state index is 0.387. The Hall–Kier alpha value is -1.50. The third-order valence-corrected chi connectivity index (χ3v) is 3.65. The van der Waals surface area contributed by atoms with Crippen LogP contribution in [0.3, 0.4) is 0 Å². The van der Waals surface area contributed by atoms with Gasteiger partial charge in [0, 0.05) is 15.9 Å². The van der Waals surface area contributed by atoms with E-state index in [1.807, 2.05) is 30.3 Å². The van der Waals surface area contributed by atoms with Gasteiger partial charge in [0.2, 0.25) is 0 Å². The average molecular weight is 337 g/mol. The Kier molecular flexibility index (Phi) is 4.84. The molecule has 0 bridgehead atoms. The molecule has 2 nitrogen and oxygen atoms in total. The van der Waals surface area contributed by atoms with Crippen LogP contribution in [-0.2, 0) is 11.9 Å². The standard InChI is InChI=1S/C15H11BrClNO/c16-8-11-2-5-14(6-3-11)19-10-13-4-1-12(9-18)7-15(13)17/h1-7H,8,10H2. The van der Waals surface area contributed by atoms with Crippen LogP contribution < -0.4 is 4.74 Å². The number of rotatable bonds is 4. The quantitative estimate of drug-likeness (QED) is 0.759. The van der Waals surface area contributed by atoms with Crippen LogP contribution in [0.25, 0.3) is 0 Å². The molecule has 0 aliphatic rings. The van der Waals surface area contributed by atoms with E-state index < -0.39 is 0 Å². The molecule has 0 saturated heterocycles. The zero-order valence-electron chi connectivity index (χ0n) is 10.1. The van der Waals surface area contributed by atoms with Gasteiger partial charge in [-0.1, -0.05) is 45.7 Å². The summed E-state index contributed by atoms with van der Waals surface area (Å²) in [6, 6.07) is 15.1. The summed E-state index contributed by atoms with van der Waals surface area (Å²) in [4.78, 5) is 0. The van der Waals surface area contributed by atoms with Gasteiger partial charge < -0.3 is 4.74 Å². The van der Waals surface area contributed by atoms with Crippen molar-refractivity contribution in [2.24, 2.45) is 0 Å². The zero-order chi connectivity index (χ0) is 13.7. The molecule has 2 aromatic carbocycles. The summed E-state index contributed by atoms with van der Waals surface area (Å²) in [5.41, 5.74) is 2.62. The Balaban J connectivity index is 2.04. The van der Waals surface area contributed by atoms with Crippen molar-refractivity contribution < 1.29 is 4.74 Å². The highest BCUT2D eigenvalue weighted by Gasteiger charge is 2.03. The predicted molar refractivity (Wildman–Crippen MR) is 79.6 cm³/mol. The van der Waals surface area contributed by atoms with Gasteiger partial charge in [-0.15, -0.1) is 0 Å². The van der Waals surface area contributed by atoms with Gasteiger partial charge in [0.05, 0.1) is 11.6 Å². The molecule has 0 aromatic heterocycles. The minimum absolute atomic E-state index is 0.387. The summed E-state index contributed by atoms with van der Waals surface area (Å²) in [6.07, 6.45) is 0. The van der Waals surface area contributed by atoms with Crippen molar-refractivity contribution in [2.75, 3.05) is 0 Å². The number of nitrogens with zero attached hydrogens (tertiary/aromatic N) is 1. The Labute approximate surface area is 125 Å². The molecular formula is C15H11BrClNO. The molecule has 0 unspecified atom stereocenters. The molecule has 4 heteroatoms. The summed E-state index contributed by atoms with van der Waals surface area (Å²) in [5, 5.41) is 10.1. The highest BCUT2D eigenvalue weighted by molar-refractivity contribution is 9.08. The van der Waals surface area contributed by atoms with Gasteiger partial charge >= 0.3 is 0 Å². The second-order valence-corrected chi connectivity index (χ2v) is 4.95. The molecule has 0 amide bonds. The van der Waals surface area contributed by atoms with Gasteiger partial charge in [-0.2, -0.15) is 5.26 Å². The Morgan fingerprint density at radius 1 is 1.16 bits per heavy atom. The monoisotopic (exact) mass is 335 g/mol. The fourth-order valence-corrected chi connectivity index (χ4v) is 2.18. The summed E-state index contributed by atoms with van der Waals surface area (Å²) in [6.45, 7) is 0.387. The maximum atomic E-state index is 8.77. The number of halogens is 2. The highest BCUT2D eigenvalue weighted by atomic mass is 79.9. The van der Waals surface area contributed by atoms with Crippen LogP contribution in [0.15, 0.2) is 42.5 Å². The van der Waals surface area contributed by atoms with Gasteiger partial charge in [-0.25, -0.2) is 0 Å². The second-order valence-electron chi connectivity index (χ2n) is 3.98. The van der Waals surface area contributed by atoms with E-state index in [1.54, 1.807) is 12.1 Å². The molecule has 0 radical (unpaired) electrons. The third-order valence-electron chi connectivity index (χ3n) is 2.65. The summed E-state index contributed by atoms with van der Waals surface area (Å²) in [7, 11) is 0. The Morgan fingerprint density at radius 3 is 2.47 bits per heavy atom. The normalized spacial score (nSPS) is 9.95. The number of hydrogen-bond acceptors (Lipinski definition) is 2. The van der Waals surface area contributed by atoms with Crippen LogP contribution in [0.5, 0.6) is 5.75 Å². The Morgan fingerprint density at radius 2 is 1.89 bits per heavy atom. The first-order chi connectivity index (χ1) is 9.22. The lowest BCUT2D eigenvalue weighted by atomic mass is 10.1. The molecule has 2 rings (SSSR count). The number of hydrogen-bond donors (Lipinski definition) is 0. The highest BCUT2D eigenvalue weighted by Crippen LogP contribution is 2.21. The van der Waals surface area contributed by atoms with Crippen molar-refractivity contribution in [1.82, 2.24) is 0 Å². The number of alkyl halides is 1. The first-order valence-electron chi connectivity index (χ1n) is 5.69. The molecule has 96 valence electrons. The molecule has 2 aromatic rings. The maximum absolute atomic E-state index is 8.77. The van der Waals surface area contributed by atoms with Crippen LogP contribution in [0.1, 0.15) is 16.7 Å². The molecular weight excluding hydrogens is 326 g/mol. The lowest BCUT2D eigenvalue weighted by Gasteiger charge is -2.08. The molecule has 0 atom stereocenters. The molecule has 19 heavy (non-hydrogen) atoms. The van der Waals surface area contributed by atoms with Crippen LogP contribution in [0.2, 0.25) is 5.02 Å². The molecule has 0 heterocycles. The number of nitriles is 1. The SMILES string of the molecule is N#Cc1ccc(COc2ccc(CBr)cc2)c(Cl)c1. The molecule has 0 spiro atoms. The summed E-state index contributed by atoms with van der Waals surface area (Å²) >= 11 is 9.48. The van der Waals surface area contributed by atoms with E-state index in [9.17, 15) is 0 Å². The smallest absolute Gasteiger partial charge is 0.119 e. The van der Waals surface area contributed by atoms with Crippen molar-refractivity contribution in [1.29, 1.82) is 5.26 Å². The zero-order valence-corrected chi connectivity index (χ0v) is 12.4. The lowest BCUT2D eigenvalue weighted by Crippen LogP contribution is -1.96. The summed E-state index contributed by atoms with van der Waals surface area (Å²) < 4.78 is 5.66. The maximum Gasteiger partial charge on any atom is 0.119 e. The minimum Gasteiger partial charge on any atom is -0.489 e. The molecule has 0 aliphatic heterocycles. The molecule has 0 aliphatic carbocycles. The van der Waals surface area contributed by atoms with Gasteiger partial charge in [0.25, 0.3) is 0 Å². The van der Waals surface area contributed by atoms with Crippen molar-refractivity contribution in [3.8, 4) is 11.8 Å². The largest absolute Gasteiger partial charge is 0.489 e. The number of ether oxygens (including phenoxy) is 1. The van der Waals surface area contributed by atoms with Crippen LogP contribution in [-0.4, -0.2) is 0 Å². The van der Waals surface area contributed by atoms with Crippen molar-refractivity contribution in [3.63, 3.8) is 0 Å². The van der Waals surface area contributed by atoms with Crippen LogP contribution >= 0.6 is 27.5 Å². The van der Waals surface area contributed by atoms with Gasteiger partial charge in [0.1, 0.15) is 12.4 Å². The van der Waals surface area contributed by atoms with Crippen molar-refractivity contribution in [2.45, 2.75) is 11.9 Å². The van der Waals surface area contributed by atoms with E-state index in [4.69, 9.17) is 21.6 Å². The topological polar surface area (TPSA) is 33.0 Å². The molecule has 0 saturated carbocycles. The van der Waals surface area contributed by atoms with E-state index >= 15 is 0 Å². The number of benzene rings is 2. The summed E-state index contributed by atoms with van der Waals surface area (Å²) in [5.74, 6) is 0.796. The lowest BCUT2D eigenvalue weighted by molar-refractivity contribution is 0.306. The fourth-order valence-electron chi connectivity index (χ4n) is 1.57. The first kappa shape index (κ1) is 13.9. The molecule has 0 N–H and O–H groups in total. The van der Waals surface area contributed by atoms with E-state index in [2.05, 4.69) is 22.0 Å². The van der Waals surface area contributed by atoms with E-state index in [0.29, 0.717) is 17.2 Å². The van der Waals surface area contributed by atoms with Gasteiger partial charge in [0.15, 0.2) is 0 Å². The van der Waals surface area contributed by atoms with Crippen molar-refractivity contribution >= 4 is 27.5 Å². The van der Waals surface area contributed by atoms with Crippen molar-refractivity contribution in [3.05, 3.63) is 64.2 Å². The second kappa shape index (κ2) is 6.60. The molecule has 0 fully saturated rings. The van der Waals surface area contributed by atoms with Gasteiger partial charge in [-0.3, -0.25) is 0 Å². The van der Waals surface area contributed by atoms with Crippen LogP contribution in [0, 0.1) is 11.3 Å². The van der Waals surface area contributed by atoms with E-state index in [1.165, 1.54) is 5.56 Å². The van der Waals surface area contributed by atoms with E-state index in [-0.39, 0.29) is 0 Å². The first-order valence-corrected chi connectivity index (χ1v) is 7.19. The fraction of sp³-hybridized carbons (Fsp3) is 0.133. The predicted octanol–water partition coefficient (Wildman–Crippen LogP) is 4.69. The Bertz CT molecular complexity index is 605. The average Bonchev–Trinajstić information content (AvgIpc) is 2.46. The van der Waals surface area contributed by atoms with Gasteiger partial charge in [-0.05, 0) is 29.8 Å². The van der Waals surface area contributed by atoms with E-state index in [0.717, 1.165) is 16.6 Å². The third kappa shape index (κ3) is 3.73. The van der Waals surface area contributed by atoms with Crippen LogP contribution in [0.4, 0.5) is 0 Å².